The maximum atomic E-state index is 13.4. The Bertz CT molecular complexity index is 1370. The van der Waals surface area contributed by atoms with E-state index in [0.717, 1.165) is 5.56 Å². The van der Waals surface area contributed by atoms with E-state index < -0.39 is 6.04 Å². The van der Waals surface area contributed by atoms with Gasteiger partial charge in [0.15, 0.2) is 0 Å². The van der Waals surface area contributed by atoms with Crippen molar-refractivity contribution in [1.82, 2.24) is 15.5 Å². The van der Waals surface area contributed by atoms with Gasteiger partial charge in [0.05, 0.1) is 24.4 Å². The minimum absolute atomic E-state index is 0.263. The van der Waals surface area contributed by atoms with Crippen molar-refractivity contribution >= 4 is 17.3 Å². The molecule has 1 aliphatic rings. The third-order valence-corrected chi connectivity index (χ3v) is 5.69. The summed E-state index contributed by atoms with van der Waals surface area (Å²) in [7, 11) is 1.57. The number of nitrogens with one attached hydrogen (secondary N) is 1. The fraction of sp³-hybridized carbons (Fsp3) is 0.115. The van der Waals surface area contributed by atoms with Gasteiger partial charge >= 0.3 is 6.03 Å². The number of halogens is 1. The predicted molar refractivity (Wildman–Crippen MR) is 125 cm³/mol. The Labute approximate surface area is 195 Å². The number of carbonyl (C=O) groups is 1. The molecule has 34 heavy (non-hydrogen) atoms. The zero-order valence-corrected chi connectivity index (χ0v) is 18.5. The first kappa shape index (κ1) is 21.4. The van der Waals surface area contributed by atoms with Crippen molar-refractivity contribution in [3.63, 3.8) is 0 Å². The number of aromatic nitrogens is 2. The van der Waals surface area contributed by atoms with Crippen LogP contribution in [-0.4, -0.2) is 23.3 Å². The predicted octanol–water partition coefficient (Wildman–Crippen LogP) is 5.59. The Morgan fingerprint density at radius 1 is 1.03 bits per heavy atom. The number of amides is 2. The normalized spacial score (nSPS) is 15.9. The summed E-state index contributed by atoms with van der Waals surface area (Å²) in [4.78, 5) is 19.4. The van der Waals surface area contributed by atoms with E-state index in [-0.39, 0.29) is 17.7 Å². The van der Waals surface area contributed by atoms with Gasteiger partial charge in [0.1, 0.15) is 11.6 Å². The van der Waals surface area contributed by atoms with Crippen molar-refractivity contribution in [3.8, 4) is 17.1 Å². The number of hydrogen-bond donors (Lipinski definition) is 1. The zero-order chi connectivity index (χ0) is 23.7. The van der Waals surface area contributed by atoms with E-state index in [1.54, 1.807) is 30.2 Å². The number of allylic oxidation sites excluding steroid dienone is 1. The topological polar surface area (TPSA) is 80.5 Å². The van der Waals surface area contributed by atoms with Crippen molar-refractivity contribution in [2.45, 2.75) is 13.0 Å². The van der Waals surface area contributed by atoms with E-state index in [9.17, 15) is 9.18 Å². The first-order valence-corrected chi connectivity index (χ1v) is 10.7. The Morgan fingerprint density at radius 3 is 2.53 bits per heavy atom. The molecule has 8 heteroatoms. The zero-order valence-electron chi connectivity index (χ0n) is 18.5. The smallest absolute Gasteiger partial charge is 0.327 e. The molecular formula is C26H21FN4O3. The monoisotopic (exact) mass is 456 g/mol. The number of hydrogen-bond acceptors (Lipinski definition) is 5. The third-order valence-electron chi connectivity index (χ3n) is 5.69. The summed E-state index contributed by atoms with van der Waals surface area (Å²) in [6.07, 6.45) is 0. The van der Waals surface area contributed by atoms with Crippen molar-refractivity contribution in [3.05, 3.63) is 102 Å². The number of methoxy groups -OCH3 is 1. The number of anilines is 1. The largest absolute Gasteiger partial charge is 0.497 e. The van der Waals surface area contributed by atoms with E-state index >= 15 is 0 Å². The summed E-state index contributed by atoms with van der Waals surface area (Å²) in [5, 5.41) is 7.17. The summed E-state index contributed by atoms with van der Waals surface area (Å²) in [6.45, 7) is 1.84. The highest BCUT2D eigenvalue weighted by Crippen LogP contribution is 2.39. The molecule has 7 nitrogen and oxygen atoms in total. The molecule has 170 valence electrons. The van der Waals surface area contributed by atoms with Gasteiger partial charge in [0.2, 0.25) is 5.82 Å². The summed E-state index contributed by atoms with van der Waals surface area (Å²) in [6, 6.07) is 21.9. The van der Waals surface area contributed by atoms with Crippen molar-refractivity contribution in [2.24, 2.45) is 0 Å². The van der Waals surface area contributed by atoms with E-state index in [1.165, 1.54) is 12.1 Å². The first-order chi connectivity index (χ1) is 16.5. The average molecular weight is 456 g/mol. The van der Waals surface area contributed by atoms with Crippen molar-refractivity contribution in [2.75, 3.05) is 12.0 Å². The molecule has 0 bridgehead atoms. The maximum Gasteiger partial charge on any atom is 0.327 e. The lowest BCUT2D eigenvalue weighted by atomic mass is 9.94. The number of nitrogens with zero attached hydrogens (tertiary/aromatic N) is 3. The van der Waals surface area contributed by atoms with E-state index in [2.05, 4.69) is 15.5 Å². The molecule has 0 fully saturated rings. The van der Waals surface area contributed by atoms with Gasteiger partial charge in [0.25, 0.3) is 5.89 Å². The third kappa shape index (κ3) is 3.90. The molecule has 1 atom stereocenters. The fourth-order valence-electron chi connectivity index (χ4n) is 4.03. The minimum atomic E-state index is -0.503. The van der Waals surface area contributed by atoms with Crippen LogP contribution in [-0.2, 0) is 0 Å². The molecular weight excluding hydrogens is 435 g/mol. The van der Waals surface area contributed by atoms with E-state index in [0.29, 0.717) is 34.1 Å². The summed E-state index contributed by atoms with van der Waals surface area (Å²) < 4.78 is 24.4. The standard InChI is InChI=1S/C26H21FN4O3/c1-16-22(25-29-24(30-34-25)18-11-13-19(27)14-12-18)23(17-7-4-3-5-8-17)28-26(32)31(16)20-9-6-10-21(15-20)33-2/h3-15,23H,1-2H3,(H,28,32). The minimum Gasteiger partial charge on any atom is -0.497 e. The SMILES string of the molecule is COc1cccc(N2C(=O)NC(c3ccccc3)C(c3nc(-c4ccc(F)cc4)no3)=C2C)c1. The van der Waals surface area contributed by atoms with Crippen LogP contribution in [0.5, 0.6) is 5.75 Å². The van der Waals surface area contributed by atoms with E-state index in [4.69, 9.17) is 9.26 Å². The lowest BCUT2D eigenvalue weighted by Gasteiger charge is -2.35. The molecule has 0 spiro atoms. The quantitative estimate of drug-likeness (QED) is 0.424. The van der Waals surface area contributed by atoms with Gasteiger partial charge in [-0.25, -0.2) is 9.18 Å². The van der Waals surface area contributed by atoms with E-state index in [1.807, 2.05) is 55.5 Å². The summed E-state index contributed by atoms with van der Waals surface area (Å²) >= 11 is 0. The molecule has 1 unspecified atom stereocenters. The molecule has 1 aromatic heterocycles. The molecule has 0 saturated heterocycles. The second kappa shape index (κ2) is 8.82. The van der Waals surface area contributed by atoms with Gasteiger partial charge in [-0.15, -0.1) is 0 Å². The van der Waals surface area contributed by atoms with Gasteiger partial charge in [-0.2, -0.15) is 4.98 Å². The van der Waals surface area contributed by atoms with Crippen LogP contribution in [0.2, 0.25) is 0 Å². The highest BCUT2D eigenvalue weighted by molar-refractivity contribution is 6.01. The molecule has 2 heterocycles. The number of rotatable bonds is 5. The molecule has 0 radical (unpaired) electrons. The fourth-order valence-corrected chi connectivity index (χ4v) is 4.03. The highest BCUT2D eigenvalue weighted by Gasteiger charge is 2.36. The highest BCUT2D eigenvalue weighted by atomic mass is 19.1. The van der Waals surface area contributed by atoms with Gasteiger partial charge in [0, 0.05) is 17.3 Å². The Morgan fingerprint density at radius 2 is 1.79 bits per heavy atom. The number of ether oxygens (including phenoxy) is 1. The number of urea groups is 1. The Hall–Kier alpha value is -4.46. The van der Waals surface area contributed by atoms with Crippen LogP contribution in [0.3, 0.4) is 0 Å². The van der Waals surface area contributed by atoms with Crippen LogP contribution in [0, 0.1) is 5.82 Å². The Balaban J connectivity index is 1.65. The van der Waals surface area contributed by atoms with Gasteiger partial charge in [-0.05, 0) is 48.9 Å². The molecule has 4 aromatic rings. The van der Waals surface area contributed by atoms with Crippen LogP contribution in [0.25, 0.3) is 17.0 Å². The van der Waals surface area contributed by atoms with Crippen LogP contribution >= 0.6 is 0 Å². The van der Waals surface area contributed by atoms with Crippen LogP contribution in [0.4, 0.5) is 14.9 Å². The van der Waals surface area contributed by atoms with Crippen LogP contribution in [0.15, 0.2) is 89.1 Å². The van der Waals surface area contributed by atoms with Crippen LogP contribution < -0.4 is 15.0 Å². The molecule has 1 aliphatic heterocycles. The van der Waals surface area contributed by atoms with Gasteiger partial charge < -0.3 is 14.6 Å². The van der Waals surface area contributed by atoms with Crippen molar-refractivity contribution < 1.29 is 18.4 Å². The summed E-state index contributed by atoms with van der Waals surface area (Å²) in [5.74, 6) is 0.867. The average Bonchev–Trinajstić information content (AvgIpc) is 3.34. The summed E-state index contributed by atoms with van der Waals surface area (Å²) in [5.41, 5.74) is 3.43. The lowest BCUT2D eigenvalue weighted by molar-refractivity contribution is 0.244. The molecule has 0 saturated carbocycles. The second-order valence-electron chi connectivity index (χ2n) is 7.76. The molecule has 5 rings (SSSR count). The van der Waals surface area contributed by atoms with Gasteiger partial charge in [-0.1, -0.05) is 41.6 Å². The molecule has 2 amide bonds. The van der Waals surface area contributed by atoms with Gasteiger partial charge in [-0.3, -0.25) is 4.90 Å². The molecule has 1 N–H and O–H groups in total. The van der Waals surface area contributed by atoms with Crippen LogP contribution in [0.1, 0.15) is 24.4 Å². The number of benzene rings is 3. The lowest BCUT2D eigenvalue weighted by Crippen LogP contribution is -2.46. The number of carbonyl (C=O) groups excluding carboxylic acids is 1. The maximum absolute atomic E-state index is 13.4. The Kier molecular flexibility index (Phi) is 5.55. The first-order valence-electron chi connectivity index (χ1n) is 10.7. The molecule has 3 aromatic carbocycles. The second-order valence-corrected chi connectivity index (χ2v) is 7.76. The van der Waals surface area contributed by atoms with Crippen molar-refractivity contribution in [1.29, 1.82) is 0 Å². The molecule has 0 aliphatic carbocycles.